The Balaban J connectivity index is 1.95. The fourth-order valence-corrected chi connectivity index (χ4v) is 3.82. The van der Waals surface area contributed by atoms with E-state index in [0.717, 1.165) is 6.92 Å². The van der Waals surface area contributed by atoms with E-state index in [9.17, 15) is 28.0 Å². The monoisotopic (exact) mass is 397 g/mol. The van der Waals surface area contributed by atoms with Crippen LogP contribution in [0, 0.1) is 23.7 Å². The fraction of sp³-hybridized carbons (Fsp3) is 0.556. The minimum absolute atomic E-state index is 0.0414. The SMILES string of the molecule is Cc1noc(C(=O)N2CCOC3(C=C(C#N)C(=O)C(C)(C)C3)C2)c1C(F)(F)F. The van der Waals surface area contributed by atoms with Crippen LogP contribution in [0.25, 0.3) is 0 Å². The zero-order valence-corrected chi connectivity index (χ0v) is 15.5. The molecule has 28 heavy (non-hydrogen) atoms. The molecule has 3 rings (SSSR count). The summed E-state index contributed by atoms with van der Waals surface area (Å²) in [6.45, 7) is 4.41. The van der Waals surface area contributed by atoms with Crippen LogP contribution in [0.4, 0.5) is 13.2 Å². The maximum Gasteiger partial charge on any atom is 0.422 e. The average Bonchev–Trinajstić information content (AvgIpc) is 2.99. The van der Waals surface area contributed by atoms with Gasteiger partial charge in [0, 0.05) is 12.0 Å². The lowest BCUT2D eigenvalue weighted by Crippen LogP contribution is -2.57. The highest BCUT2D eigenvalue weighted by Crippen LogP contribution is 2.42. The first-order valence-electron chi connectivity index (χ1n) is 8.55. The third kappa shape index (κ3) is 3.30. The van der Waals surface area contributed by atoms with Gasteiger partial charge in [0.05, 0.1) is 24.4 Å². The molecule has 0 aromatic carbocycles. The van der Waals surface area contributed by atoms with Crippen molar-refractivity contribution >= 4 is 11.7 Å². The highest BCUT2D eigenvalue weighted by molar-refractivity contribution is 6.04. The summed E-state index contributed by atoms with van der Waals surface area (Å²) in [6, 6.07) is 1.84. The van der Waals surface area contributed by atoms with Crippen molar-refractivity contribution < 1.29 is 32.0 Å². The van der Waals surface area contributed by atoms with Crippen molar-refractivity contribution in [1.82, 2.24) is 10.1 Å². The van der Waals surface area contributed by atoms with E-state index in [-0.39, 0.29) is 37.5 Å². The summed E-state index contributed by atoms with van der Waals surface area (Å²) in [4.78, 5) is 26.3. The lowest BCUT2D eigenvalue weighted by Gasteiger charge is -2.46. The molecule has 0 saturated carbocycles. The number of carbonyl (C=O) groups is 2. The van der Waals surface area contributed by atoms with Crippen LogP contribution in [0.1, 0.15) is 42.1 Å². The zero-order valence-electron chi connectivity index (χ0n) is 15.5. The van der Waals surface area contributed by atoms with Gasteiger partial charge >= 0.3 is 6.18 Å². The van der Waals surface area contributed by atoms with Gasteiger partial charge in [-0.25, -0.2) is 0 Å². The van der Waals surface area contributed by atoms with Crippen molar-refractivity contribution in [2.24, 2.45) is 5.41 Å². The third-order valence-corrected chi connectivity index (χ3v) is 4.97. The van der Waals surface area contributed by atoms with Crippen LogP contribution < -0.4 is 0 Å². The number of allylic oxidation sites excluding steroid dienone is 1. The lowest BCUT2D eigenvalue weighted by atomic mass is 9.69. The van der Waals surface area contributed by atoms with Gasteiger partial charge in [0.15, 0.2) is 5.78 Å². The summed E-state index contributed by atoms with van der Waals surface area (Å²) in [5.74, 6) is -2.17. The van der Waals surface area contributed by atoms with Gasteiger partial charge in [-0.3, -0.25) is 9.59 Å². The Kier molecular flexibility index (Phi) is 4.62. The van der Waals surface area contributed by atoms with Crippen molar-refractivity contribution in [2.45, 2.75) is 39.0 Å². The molecular weight excluding hydrogens is 379 g/mol. The number of carbonyl (C=O) groups excluding carboxylic acids is 2. The molecule has 10 heteroatoms. The number of aryl methyl sites for hydroxylation is 1. The largest absolute Gasteiger partial charge is 0.422 e. The molecule has 1 aromatic rings. The summed E-state index contributed by atoms with van der Waals surface area (Å²) in [6.07, 6.45) is -3.22. The van der Waals surface area contributed by atoms with Gasteiger partial charge in [0.25, 0.3) is 5.91 Å². The van der Waals surface area contributed by atoms with Gasteiger partial charge in [-0.05, 0) is 19.4 Å². The van der Waals surface area contributed by atoms with Gasteiger partial charge in [-0.1, -0.05) is 19.0 Å². The molecule has 1 aliphatic heterocycles. The molecule has 1 unspecified atom stereocenters. The minimum Gasteiger partial charge on any atom is -0.367 e. The van der Waals surface area contributed by atoms with E-state index in [2.05, 4.69) is 9.68 Å². The van der Waals surface area contributed by atoms with E-state index >= 15 is 0 Å². The highest BCUT2D eigenvalue weighted by Gasteiger charge is 2.50. The first-order chi connectivity index (χ1) is 12.9. The Morgan fingerprint density at radius 1 is 1.39 bits per heavy atom. The van der Waals surface area contributed by atoms with E-state index in [1.807, 2.05) is 6.07 Å². The first-order valence-corrected chi connectivity index (χ1v) is 8.55. The van der Waals surface area contributed by atoms with Crippen LogP contribution in [0.3, 0.4) is 0 Å². The van der Waals surface area contributed by atoms with Gasteiger partial charge in [-0.15, -0.1) is 0 Å². The molecule has 0 radical (unpaired) electrons. The summed E-state index contributed by atoms with van der Waals surface area (Å²) < 4.78 is 50.3. The third-order valence-electron chi connectivity index (χ3n) is 4.97. The Hall–Kier alpha value is -2.67. The number of halogens is 3. The molecule has 1 atom stereocenters. The standard InChI is InChI=1S/C18H18F3N3O4/c1-10-12(18(19,20)21)13(28-23-10)15(26)24-4-5-27-17(9-24)6-11(7-22)14(25)16(2,3)8-17/h6H,4-5,8-9H2,1-3H3. The second kappa shape index (κ2) is 6.44. The van der Waals surface area contributed by atoms with Crippen LogP contribution in [0.15, 0.2) is 16.2 Å². The van der Waals surface area contributed by atoms with E-state index in [1.54, 1.807) is 13.8 Å². The summed E-state index contributed by atoms with van der Waals surface area (Å²) >= 11 is 0. The molecular formula is C18H18F3N3O4. The number of aromatic nitrogens is 1. The number of nitrogens with zero attached hydrogens (tertiary/aromatic N) is 3. The Morgan fingerprint density at radius 2 is 2.07 bits per heavy atom. The Labute approximate surface area is 158 Å². The van der Waals surface area contributed by atoms with Crippen molar-refractivity contribution in [3.05, 3.63) is 28.7 Å². The normalized spacial score (nSPS) is 24.8. The maximum atomic E-state index is 13.3. The molecule has 2 aliphatic rings. The summed E-state index contributed by atoms with van der Waals surface area (Å²) in [7, 11) is 0. The van der Waals surface area contributed by atoms with Crippen LogP contribution in [0.2, 0.25) is 0 Å². The quantitative estimate of drug-likeness (QED) is 0.723. The maximum absolute atomic E-state index is 13.3. The van der Waals surface area contributed by atoms with Crippen LogP contribution in [-0.2, 0) is 15.7 Å². The number of amides is 1. The molecule has 0 bridgehead atoms. The van der Waals surface area contributed by atoms with Crippen LogP contribution in [0.5, 0.6) is 0 Å². The Morgan fingerprint density at radius 3 is 2.68 bits per heavy atom. The lowest BCUT2D eigenvalue weighted by molar-refractivity contribution is -0.139. The van der Waals surface area contributed by atoms with Crippen molar-refractivity contribution in [3.63, 3.8) is 0 Å². The number of hydrogen-bond acceptors (Lipinski definition) is 6. The number of ketones is 1. The second-order valence-corrected chi connectivity index (χ2v) is 7.67. The topological polar surface area (TPSA) is 96.4 Å². The summed E-state index contributed by atoms with van der Waals surface area (Å²) in [5, 5.41) is 12.6. The van der Waals surface area contributed by atoms with E-state index in [4.69, 9.17) is 4.74 Å². The van der Waals surface area contributed by atoms with E-state index in [0.29, 0.717) is 0 Å². The molecule has 1 amide bonds. The molecule has 1 aromatic heterocycles. The predicted octanol–water partition coefficient (Wildman–Crippen LogP) is 2.66. The minimum atomic E-state index is -4.79. The molecule has 1 spiro atoms. The molecule has 1 saturated heterocycles. The van der Waals surface area contributed by atoms with E-state index in [1.165, 1.54) is 11.0 Å². The number of rotatable bonds is 1. The molecule has 1 fully saturated rings. The number of Topliss-reactive ketones (excluding diaryl/α,β-unsaturated/α-hetero) is 1. The van der Waals surface area contributed by atoms with Crippen LogP contribution >= 0.6 is 0 Å². The van der Waals surface area contributed by atoms with Crippen molar-refractivity contribution in [2.75, 3.05) is 19.7 Å². The number of morpholine rings is 1. The van der Waals surface area contributed by atoms with Crippen LogP contribution in [-0.4, -0.2) is 47.0 Å². The fourth-order valence-electron chi connectivity index (χ4n) is 3.82. The number of ether oxygens (including phenoxy) is 1. The molecule has 1 aliphatic carbocycles. The molecule has 0 N–H and O–H groups in total. The number of nitriles is 1. The number of alkyl halides is 3. The van der Waals surface area contributed by atoms with Gasteiger partial charge < -0.3 is 14.2 Å². The average molecular weight is 397 g/mol. The number of hydrogen-bond donors (Lipinski definition) is 0. The highest BCUT2D eigenvalue weighted by atomic mass is 19.4. The van der Waals surface area contributed by atoms with Gasteiger partial charge in [0.1, 0.15) is 17.2 Å². The Bertz CT molecular complexity index is 910. The zero-order chi connectivity index (χ0) is 20.9. The molecule has 7 nitrogen and oxygen atoms in total. The van der Waals surface area contributed by atoms with Crippen molar-refractivity contribution in [1.29, 1.82) is 5.26 Å². The van der Waals surface area contributed by atoms with Crippen molar-refractivity contribution in [3.8, 4) is 6.07 Å². The summed E-state index contributed by atoms with van der Waals surface area (Å²) in [5.41, 5.74) is -3.76. The van der Waals surface area contributed by atoms with E-state index < -0.39 is 40.1 Å². The van der Waals surface area contributed by atoms with Gasteiger partial charge in [0.2, 0.25) is 5.76 Å². The predicted molar refractivity (Wildman–Crippen MR) is 87.9 cm³/mol. The first kappa shape index (κ1) is 20.1. The smallest absolute Gasteiger partial charge is 0.367 e. The second-order valence-electron chi connectivity index (χ2n) is 7.67. The van der Waals surface area contributed by atoms with Gasteiger partial charge in [-0.2, -0.15) is 18.4 Å². The molecule has 2 heterocycles. The molecule has 150 valence electrons.